The molecule has 0 unspecified atom stereocenters. The standard InChI is InChI=1S/C15H15NOS/c1-11(12-7-3-5-9-14(12)17-2)16-13-8-4-6-10-15(13)18/h3-10,18H,1-2H3. The molecule has 18 heavy (non-hydrogen) atoms. The lowest BCUT2D eigenvalue weighted by molar-refractivity contribution is 0.414. The quantitative estimate of drug-likeness (QED) is 0.648. The first-order valence-corrected chi connectivity index (χ1v) is 6.14. The SMILES string of the molecule is COc1ccccc1C(C)=Nc1ccccc1S. The van der Waals surface area contributed by atoms with Crippen molar-refractivity contribution in [2.45, 2.75) is 11.8 Å². The van der Waals surface area contributed by atoms with Crippen LogP contribution in [-0.2, 0) is 0 Å². The van der Waals surface area contributed by atoms with Gasteiger partial charge >= 0.3 is 0 Å². The number of rotatable bonds is 3. The fraction of sp³-hybridized carbons (Fsp3) is 0.133. The summed E-state index contributed by atoms with van der Waals surface area (Å²) in [4.78, 5) is 5.47. The molecular formula is C15H15NOS. The van der Waals surface area contributed by atoms with Crippen molar-refractivity contribution in [1.82, 2.24) is 0 Å². The summed E-state index contributed by atoms with van der Waals surface area (Å²) < 4.78 is 5.33. The lowest BCUT2D eigenvalue weighted by atomic mass is 10.1. The zero-order valence-corrected chi connectivity index (χ0v) is 11.3. The van der Waals surface area contributed by atoms with Crippen molar-refractivity contribution in [3.05, 3.63) is 54.1 Å². The van der Waals surface area contributed by atoms with Crippen LogP contribution < -0.4 is 4.74 Å². The number of para-hydroxylation sites is 2. The average molecular weight is 257 g/mol. The van der Waals surface area contributed by atoms with E-state index >= 15 is 0 Å². The van der Waals surface area contributed by atoms with E-state index in [2.05, 4.69) is 17.6 Å². The number of hydrogen-bond acceptors (Lipinski definition) is 3. The van der Waals surface area contributed by atoms with Gasteiger partial charge in [0.2, 0.25) is 0 Å². The highest BCUT2D eigenvalue weighted by atomic mass is 32.1. The molecule has 0 atom stereocenters. The van der Waals surface area contributed by atoms with Gasteiger partial charge in [0.05, 0.1) is 12.8 Å². The Kier molecular flexibility index (Phi) is 4.05. The zero-order valence-electron chi connectivity index (χ0n) is 10.4. The molecule has 2 rings (SSSR count). The first-order chi connectivity index (χ1) is 8.72. The Morgan fingerprint density at radius 2 is 1.72 bits per heavy atom. The van der Waals surface area contributed by atoms with Crippen LogP contribution in [-0.4, -0.2) is 12.8 Å². The number of thiol groups is 1. The molecule has 92 valence electrons. The number of hydrogen-bond donors (Lipinski definition) is 1. The maximum Gasteiger partial charge on any atom is 0.127 e. The van der Waals surface area contributed by atoms with E-state index in [9.17, 15) is 0 Å². The minimum Gasteiger partial charge on any atom is -0.496 e. The Labute approximate surface area is 113 Å². The molecule has 0 heterocycles. The Bertz CT molecular complexity index is 578. The minimum atomic E-state index is 0.829. The number of methoxy groups -OCH3 is 1. The Hall–Kier alpha value is -1.74. The van der Waals surface area contributed by atoms with E-state index < -0.39 is 0 Å². The smallest absolute Gasteiger partial charge is 0.127 e. The lowest BCUT2D eigenvalue weighted by Crippen LogP contribution is -1.98. The zero-order chi connectivity index (χ0) is 13.0. The van der Waals surface area contributed by atoms with Gasteiger partial charge in [-0.15, -0.1) is 12.6 Å². The molecule has 0 saturated carbocycles. The maximum absolute atomic E-state index is 5.33. The van der Waals surface area contributed by atoms with Gasteiger partial charge in [0, 0.05) is 16.2 Å². The molecule has 2 aromatic rings. The van der Waals surface area contributed by atoms with E-state index in [0.717, 1.165) is 27.6 Å². The second-order valence-corrected chi connectivity index (χ2v) is 4.37. The van der Waals surface area contributed by atoms with Crippen LogP contribution in [0.4, 0.5) is 5.69 Å². The van der Waals surface area contributed by atoms with Crippen molar-refractivity contribution >= 4 is 24.0 Å². The second kappa shape index (κ2) is 5.74. The van der Waals surface area contributed by atoms with E-state index in [-0.39, 0.29) is 0 Å². The molecule has 2 nitrogen and oxygen atoms in total. The lowest BCUT2D eigenvalue weighted by Gasteiger charge is -2.08. The molecule has 0 fully saturated rings. The largest absolute Gasteiger partial charge is 0.496 e. The average Bonchev–Trinajstić information content (AvgIpc) is 2.41. The van der Waals surface area contributed by atoms with Crippen molar-refractivity contribution in [2.75, 3.05) is 7.11 Å². The van der Waals surface area contributed by atoms with Crippen LogP contribution in [0.2, 0.25) is 0 Å². The highest BCUT2D eigenvalue weighted by Gasteiger charge is 2.05. The monoisotopic (exact) mass is 257 g/mol. The van der Waals surface area contributed by atoms with Crippen molar-refractivity contribution < 1.29 is 4.74 Å². The Balaban J connectivity index is 2.42. The van der Waals surface area contributed by atoms with Crippen LogP contribution in [0.5, 0.6) is 5.75 Å². The van der Waals surface area contributed by atoms with Crippen molar-refractivity contribution in [1.29, 1.82) is 0 Å². The molecule has 0 spiro atoms. The van der Waals surface area contributed by atoms with E-state index in [4.69, 9.17) is 4.74 Å². The highest BCUT2D eigenvalue weighted by molar-refractivity contribution is 7.80. The molecule has 0 aliphatic rings. The van der Waals surface area contributed by atoms with Crippen molar-refractivity contribution in [2.24, 2.45) is 4.99 Å². The number of ether oxygens (including phenoxy) is 1. The number of nitrogens with zero attached hydrogens (tertiary/aromatic N) is 1. The molecule has 2 aromatic carbocycles. The first kappa shape index (κ1) is 12.7. The van der Waals surface area contributed by atoms with Crippen LogP contribution >= 0.6 is 12.6 Å². The fourth-order valence-electron chi connectivity index (χ4n) is 1.74. The predicted molar refractivity (Wildman–Crippen MR) is 78.6 cm³/mol. The van der Waals surface area contributed by atoms with Crippen molar-refractivity contribution in [3.63, 3.8) is 0 Å². The molecule has 0 radical (unpaired) electrons. The first-order valence-electron chi connectivity index (χ1n) is 5.69. The fourth-order valence-corrected chi connectivity index (χ4v) is 1.95. The molecule has 0 bridgehead atoms. The van der Waals surface area contributed by atoms with Crippen LogP contribution in [0.1, 0.15) is 12.5 Å². The molecule has 0 aromatic heterocycles. The normalized spacial score (nSPS) is 11.4. The van der Waals surface area contributed by atoms with Crippen LogP contribution in [0.25, 0.3) is 0 Å². The molecule has 0 N–H and O–H groups in total. The number of aliphatic imine (C=N–C) groups is 1. The molecule has 3 heteroatoms. The second-order valence-electron chi connectivity index (χ2n) is 3.89. The summed E-state index contributed by atoms with van der Waals surface area (Å²) in [7, 11) is 1.67. The van der Waals surface area contributed by atoms with Crippen LogP contribution in [0.15, 0.2) is 58.4 Å². The van der Waals surface area contributed by atoms with Gasteiger partial charge in [0.25, 0.3) is 0 Å². The summed E-state index contributed by atoms with van der Waals surface area (Å²) in [6, 6.07) is 15.6. The van der Waals surface area contributed by atoms with E-state index in [0.29, 0.717) is 0 Å². The molecule has 0 aliphatic heterocycles. The number of benzene rings is 2. The summed E-state index contributed by atoms with van der Waals surface area (Å²) in [5.74, 6) is 0.829. The maximum atomic E-state index is 5.33. The summed E-state index contributed by atoms with van der Waals surface area (Å²) in [5, 5.41) is 0. The third-order valence-electron chi connectivity index (χ3n) is 2.67. The van der Waals surface area contributed by atoms with Crippen LogP contribution in [0, 0.1) is 0 Å². The van der Waals surface area contributed by atoms with Gasteiger partial charge in [0.1, 0.15) is 5.75 Å². The summed E-state index contributed by atoms with van der Waals surface area (Å²) >= 11 is 4.40. The van der Waals surface area contributed by atoms with Gasteiger partial charge in [-0.2, -0.15) is 0 Å². The summed E-state index contributed by atoms with van der Waals surface area (Å²) in [6.07, 6.45) is 0. The molecule has 0 saturated heterocycles. The van der Waals surface area contributed by atoms with Crippen LogP contribution in [0.3, 0.4) is 0 Å². The van der Waals surface area contributed by atoms with Gasteiger partial charge in [0.15, 0.2) is 0 Å². The Morgan fingerprint density at radius 1 is 1.06 bits per heavy atom. The third kappa shape index (κ3) is 2.74. The van der Waals surface area contributed by atoms with Gasteiger partial charge in [-0.05, 0) is 31.2 Å². The van der Waals surface area contributed by atoms with Gasteiger partial charge in [-0.1, -0.05) is 24.3 Å². The summed E-state index contributed by atoms with van der Waals surface area (Å²) in [6.45, 7) is 1.97. The predicted octanol–water partition coefficient (Wildman–Crippen LogP) is 4.12. The van der Waals surface area contributed by atoms with Crippen molar-refractivity contribution in [3.8, 4) is 5.75 Å². The van der Waals surface area contributed by atoms with Gasteiger partial charge in [-0.3, -0.25) is 4.99 Å². The van der Waals surface area contributed by atoms with Gasteiger partial charge in [-0.25, -0.2) is 0 Å². The van der Waals surface area contributed by atoms with Gasteiger partial charge < -0.3 is 4.74 Å². The van der Waals surface area contributed by atoms with E-state index in [1.165, 1.54) is 0 Å². The Morgan fingerprint density at radius 3 is 2.44 bits per heavy atom. The van der Waals surface area contributed by atoms with E-state index in [1.54, 1.807) is 7.11 Å². The van der Waals surface area contributed by atoms with E-state index in [1.807, 2.05) is 55.5 Å². The highest BCUT2D eigenvalue weighted by Crippen LogP contribution is 2.25. The minimum absolute atomic E-state index is 0.829. The summed E-state index contributed by atoms with van der Waals surface area (Å²) in [5.41, 5.74) is 2.77. The molecular weight excluding hydrogens is 242 g/mol. The molecule has 0 amide bonds. The molecule has 0 aliphatic carbocycles. The third-order valence-corrected chi connectivity index (χ3v) is 3.04. The topological polar surface area (TPSA) is 21.6 Å².